The Morgan fingerprint density at radius 3 is 1.49 bits per heavy atom. The van der Waals surface area contributed by atoms with E-state index in [9.17, 15) is 63.2 Å². The predicted molar refractivity (Wildman–Crippen MR) is 495 cm³/mol. The van der Waals surface area contributed by atoms with Crippen LogP contribution >= 0.6 is 19.6 Å². The van der Waals surface area contributed by atoms with Crippen molar-refractivity contribution < 1.29 is 111 Å². The number of carbonyl (C=O) groups excluding carboxylic acids is 15. The van der Waals surface area contributed by atoms with E-state index < -0.39 is 218 Å². The Morgan fingerprint density at radius 2 is 0.948 bits per heavy atom. The zero-order chi connectivity index (χ0) is 98.4. The van der Waals surface area contributed by atoms with Crippen molar-refractivity contribution in [2.45, 2.75) is 172 Å². The van der Waals surface area contributed by atoms with Gasteiger partial charge in [0.25, 0.3) is 0 Å². The Kier molecular flexibility index (Phi) is 39.6. The number of hydrogen-bond donors (Lipinski definition) is 16. The molecular formula is C93H119N16O23PS. The number of hydrogen-bond acceptors (Lipinski definition) is 21. The first-order chi connectivity index (χ1) is 63.4. The number of thioether (sulfide) groups is 1. The largest absolute Gasteiger partial charge is 0.524 e. The van der Waals surface area contributed by atoms with Gasteiger partial charge in [0.15, 0.2) is 0 Å². The lowest BCUT2D eigenvalue weighted by Gasteiger charge is -2.37. The van der Waals surface area contributed by atoms with Gasteiger partial charge in [0, 0.05) is 96.6 Å². The van der Waals surface area contributed by atoms with E-state index in [4.69, 9.17) is 10.3 Å². The molecule has 17 N–H and O–H groups in total. The van der Waals surface area contributed by atoms with Gasteiger partial charge < -0.3 is 103 Å². The second kappa shape index (κ2) is 50.2. The monoisotopic (exact) mass is 1890 g/mol. The third-order valence-electron chi connectivity index (χ3n) is 22.4. The lowest BCUT2D eigenvalue weighted by Crippen LogP contribution is -2.61. The molecule has 15 amide bonds. The number of phosphoric ester groups is 1. The highest BCUT2D eigenvalue weighted by molar-refractivity contribution is 8.00. The number of likely N-dealkylation sites (N-methyl/N-ethyl adjacent to an activating group) is 5. The standard InChI is InChI=1S/C93H119N16O23PS/c1-11-12-27-74-91(126)106(7)51-79(114)98-70(47-81(116)117)87(122)104-82(55(4)5)93(128)108(9)75(44-56-21-15-13-16-22-56)88(123)102-71(42-59-30-36-63(111)37-31-59)89(124)105(6)50-78(113)97-69(46-61-48-95-66-26-20-19-25-65(61)66)86(121)101-68(41-58-28-34-62(110)35-29-58)85(120)100-67(40-54(2)3)84(119)103-73(83(118)96-49-77(94)112)52-134-53-80(115)99-72(43-60-32-38-64(39-33-60)132-133(129,130)131)90(125)109(10)76(92(127)107(74)8)45-57-23-17-14-18-24-57/h13-26,28-39,48,54-55,67-76,82,95,110-111H,11-12,27,40-47,49-53H2,1-10H3,(H2,94,112)(H,96,118)(H,97,113)(H,98,114)(H,99,115)(H,100,120)(H,101,121)(H,102,123)(H,103,119)(H,104,122)(H,116,117)(H2,129,130,131). The van der Waals surface area contributed by atoms with Crippen LogP contribution in [-0.4, -0.2) is 282 Å². The van der Waals surface area contributed by atoms with Crippen LogP contribution in [0, 0.1) is 11.8 Å². The summed E-state index contributed by atoms with van der Waals surface area (Å²) in [4.78, 5) is 263. The van der Waals surface area contributed by atoms with Gasteiger partial charge in [-0.2, -0.15) is 0 Å². The van der Waals surface area contributed by atoms with Crippen LogP contribution in [0.25, 0.3) is 10.9 Å². The number of aromatic nitrogens is 1. The molecule has 2 heterocycles. The Morgan fingerprint density at radius 1 is 0.493 bits per heavy atom. The van der Waals surface area contributed by atoms with Crippen molar-refractivity contribution in [1.82, 2.24) is 77.3 Å². The van der Waals surface area contributed by atoms with E-state index in [1.165, 1.54) is 108 Å². The van der Waals surface area contributed by atoms with Crippen LogP contribution in [0.1, 0.15) is 100 Å². The number of carboxylic acid groups (broad SMARTS) is 1. The molecule has 1 saturated heterocycles. The number of aromatic amines is 1. The molecule has 8 rings (SSSR count). The Bertz CT molecular complexity index is 5340. The number of nitrogens with one attached hydrogen (secondary N) is 10. The maximum atomic E-state index is 15.6. The van der Waals surface area contributed by atoms with E-state index >= 15 is 43.2 Å². The molecule has 1 fully saturated rings. The summed E-state index contributed by atoms with van der Waals surface area (Å²) in [7, 11) is 1.23. The lowest BCUT2D eigenvalue weighted by molar-refractivity contribution is -0.151. The molecule has 134 heavy (non-hydrogen) atoms. The van der Waals surface area contributed by atoms with Crippen molar-refractivity contribution in [2.75, 3.05) is 66.4 Å². The van der Waals surface area contributed by atoms with Crippen LogP contribution in [0.3, 0.4) is 0 Å². The highest BCUT2D eigenvalue weighted by Gasteiger charge is 2.43. The SMILES string of the molecule is CCCCC1C(=O)N(C)CC(=O)NC(CC(=O)O)C(=O)NC(C(C)C)C(=O)N(C)C(Cc2ccccc2)C(=O)NC(Cc2ccc(O)cc2)C(=O)N(C)CC(=O)NC(Cc2c[nH]c3ccccc23)C(=O)NC(Cc2ccc(O)cc2)C(=O)NC(CC(C)C)C(=O)NC(C(=O)NCC(N)=O)CSCC(=O)NC(Cc2ccc(OP(=O)(O)O)cc2)C(=O)N(C)C(Cc2ccccc2)C(=O)N1C. The van der Waals surface area contributed by atoms with Crippen molar-refractivity contribution in [3.63, 3.8) is 0 Å². The number of aromatic hydroxyl groups is 2. The van der Waals surface area contributed by atoms with Crippen molar-refractivity contribution in [3.8, 4) is 17.2 Å². The third-order valence-corrected chi connectivity index (χ3v) is 23.9. The first-order valence-electron chi connectivity index (χ1n) is 43.5. The molecule has 0 aliphatic carbocycles. The molecule has 1 aromatic heterocycles. The highest BCUT2D eigenvalue weighted by atomic mass is 32.2. The number of phenols is 2. The number of carboxylic acids is 1. The Balaban J connectivity index is 1.23. The number of carbonyl (C=O) groups is 16. The zero-order valence-electron chi connectivity index (χ0n) is 76.2. The maximum Gasteiger partial charge on any atom is 0.524 e. The number of phosphoric acid groups is 1. The minimum atomic E-state index is -5.08. The lowest BCUT2D eigenvalue weighted by atomic mass is 9.98. The molecule has 0 spiro atoms. The maximum absolute atomic E-state index is 15.6. The first kappa shape index (κ1) is 106. The van der Waals surface area contributed by atoms with Crippen LogP contribution < -0.4 is 58.1 Å². The summed E-state index contributed by atoms with van der Waals surface area (Å²) in [6.07, 6.45) is -0.609. The number of rotatable bonds is 25. The summed E-state index contributed by atoms with van der Waals surface area (Å²) in [6, 6.07) is 22.5. The zero-order valence-corrected chi connectivity index (χ0v) is 77.9. The predicted octanol–water partition coefficient (Wildman–Crippen LogP) is 1.80. The summed E-state index contributed by atoms with van der Waals surface area (Å²) in [5.41, 5.74) is 8.62. The van der Waals surface area contributed by atoms with Crippen molar-refractivity contribution in [3.05, 3.63) is 197 Å². The quantitative estimate of drug-likeness (QED) is 0.0363. The van der Waals surface area contributed by atoms with E-state index in [0.717, 1.165) is 36.3 Å². The van der Waals surface area contributed by atoms with Gasteiger partial charge in [0.1, 0.15) is 83.7 Å². The average molecular weight is 1890 g/mol. The summed E-state index contributed by atoms with van der Waals surface area (Å²) >= 11 is 0.746. The molecule has 11 unspecified atom stereocenters. The molecule has 1 aliphatic heterocycles. The van der Waals surface area contributed by atoms with Crippen molar-refractivity contribution in [2.24, 2.45) is 17.6 Å². The number of phenolic OH excluding ortho intramolecular Hbond substituents is 2. The molecule has 39 nitrogen and oxygen atoms in total. The van der Waals surface area contributed by atoms with E-state index in [-0.39, 0.29) is 74.2 Å². The van der Waals surface area contributed by atoms with Gasteiger partial charge in [-0.15, -0.1) is 11.8 Å². The van der Waals surface area contributed by atoms with Gasteiger partial charge in [0.05, 0.1) is 31.8 Å². The van der Waals surface area contributed by atoms with E-state index in [0.29, 0.717) is 51.6 Å². The van der Waals surface area contributed by atoms with E-state index in [2.05, 4.69) is 52.8 Å². The molecule has 720 valence electrons. The minimum Gasteiger partial charge on any atom is -0.508 e. The van der Waals surface area contributed by atoms with E-state index in [1.807, 2.05) is 6.92 Å². The first-order valence-corrected chi connectivity index (χ1v) is 46.2. The normalized spacial score (nSPS) is 21.6. The van der Waals surface area contributed by atoms with Crippen molar-refractivity contribution >= 4 is 125 Å². The van der Waals surface area contributed by atoms with Crippen molar-refractivity contribution in [1.29, 1.82) is 0 Å². The van der Waals surface area contributed by atoms with Gasteiger partial charge in [-0.05, 0) is 101 Å². The Labute approximate surface area is 779 Å². The number of primary amides is 1. The van der Waals surface area contributed by atoms with Gasteiger partial charge in [-0.3, -0.25) is 86.5 Å². The molecule has 6 aromatic carbocycles. The number of unbranched alkanes of at least 4 members (excludes halogenated alkanes) is 1. The number of H-pyrrole nitrogens is 1. The van der Waals surface area contributed by atoms with Gasteiger partial charge in [-0.25, -0.2) is 4.57 Å². The van der Waals surface area contributed by atoms with E-state index in [1.54, 1.807) is 119 Å². The summed E-state index contributed by atoms with van der Waals surface area (Å²) in [6.45, 7) is 5.92. The number of amides is 15. The Hall–Kier alpha value is -13.7. The van der Waals surface area contributed by atoms with Gasteiger partial charge in [-0.1, -0.05) is 163 Å². The smallest absolute Gasteiger partial charge is 0.508 e. The molecule has 0 saturated carbocycles. The van der Waals surface area contributed by atoms with Gasteiger partial charge in [0.2, 0.25) is 88.6 Å². The third kappa shape index (κ3) is 32.3. The summed E-state index contributed by atoms with van der Waals surface area (Å²) < 4.78 is 16.6. The minimum absolute atomic E-state index is 0.0319. The second-order valence-electron chi connectivity index (χ2n) is 33.8. The number of aliphatic carboxylic acids is 1. The molecule has 11 atom stereocenters. The molecule has 0 bridgehead atoms. The van der Waals surface area contributed by atoms with Crippen LogP contribution in [0.5, 0.6) is 17.2 Å². The van der Waals surface area contributed by atoms with Crippen LogP contribution in [0.4, 0.5) is 0 Å². The number of fused-ring (bicyclic) bond motifs is 1. The molecule has 0 radical (unpaired) electrons. The van der Waals surface area contributed by atoms with Crippen LogP contribution in [0.2, 0.25) is 0 Å². The fourth-order valence-electron chi connectivity index (χ4n) is 15.2. The average Bonchev–Trinajstić information content (AvgIpc) is 1.52. The number of para-hydroxylation sites is 1. The van der Waals surface area contributed by atoms with Crippen LogP contribution in [0.15, 0.2) is 164 Å². The van der Waals surface area contributed by atoms with Crippen LogP contribution in [-0.2, 0) is 120 Å². The summed E-state index contributed by atoms with van der Waals surface area (Å²) in [5, 5.41) is 55.3. The fraction of sp³-hybridized carbons (Fsp3) is 0.419. The molecular weight excluding hydrogens is 1770 g/mol. The fourth-order valence-corrected chi connectivity index (χ4v) is 16.4. The highest BCUT2D eigenvalue weighted by Crippen LogP contribution is 2.38. The summed E-state index contributed by atoms with van der Waals surface area (Å²) in [5.74, 6) is -18.8. The number of nitrogens with two attached hydrogens (primary N) is 1. The van der Waals surface area contributed by atoms with Gasteiger partial charge >= 0.3 is 13.8 Å². The molecule has 7 aromatic rings. The molecule has 41 heteroatoms. The molecule has 1 aliphatic rings. The second-order valence-corrected chi connectivity index (χ2v) is 36.0. The number of nitrogens with zero attached hydrogens (tertiary/aromatic N) is 5. The number of benzene rings is 6. The topological polar surface area (TPSA) is 567 Å².